The number of carbonyl (C=O) groups is 1. The number of ether oxygens (including phenoxy) is 1. The summed E-state index contributed by atoms with van der Waals surface area (Å²) in [5.41, 5.74) is 0. The highest BCUT2D eigenvalue weighted by Gasteiger charge is 2.15. The number of aromatic nitrogens is 4. The maximum atomic E-state index is 13.1. The average Bonchev–Trinajstić information content (AvgIpc) is 3.09. The molecule has 0 bridgehead atoms. The zero-order valence-corrected chi connectivity index (χ0v) is 17.6. The number of hydrogen-bond donors (Lipinski definition) is 1. The Morgan fingerprint density at radius 3 is 2.79 bits per heavy atom. The van der Waals surface area contributed by atoms with Gasteiger partial charge in [0.25, 0.3) is 0 Å². The van der Waals surface area contributed by atoms with Gasteiger partial charge in [0.15, 0.2) is 11.0 Å². The van der Waals surface area contributed by atoms with Gasteiger partial charge in [-0.25, -0.2) is 9.37 Å². The van der Waals surface area contributed by atoms with Crippen LogP contribution in [0.5, 0.6) is 5.75 Å². The smallest absolute Gasteiger partial charge is 0.236 e. The van der Waals surface area contributed by atoms with E-state index >= 15 is 0 Å². The summed E-state index contributed by atoms with van der Waals surface area (Å²) in [6.45, 7) is 2.62. The average molecular weight is 456 g/mol. The number of rotatable bonds is 8. The van der Waals surface area contributed by atoms with Gasteiger partial charge >= 0.3 is 0 Å². The minimum absolute atomic E-state index is 0.105. The molecule has 0 spiro atoms. The van der Waals surface area contributed by atoms with Gasteiger partial charge < -0.3 is 14.6 Å². The highest BCUT2D eigenvalue weighted by Crippen LogP contribution is 2.26. The van der Waals surface area contributed by atoms with E-state index in [4.69, 9.17) is 27.9 Å². The van der Waals surface area contributed by atoms with Gasteiger partial charge in [0.1, 0.15) is 24.0 Å². The molecule has 0 unspecified atom stereocenters. The van der Waals surface area contributed by atoms with E-state index in [-0.39, 0.29) is 23.3 Å². The molecule has 2 heterocycles. The van der Waals surface area contributed by atoms with Crippen molar-refractivity contribution in [1.82, 2.24) is 19.7 Å². The van der Waals surface area contributed by atoms with E-state index in [1.807, 2.05) is 11.5 Å². The van der Waals surface area contributed by atoms with Gasteiger partial charge in [0.2, 0.25) is 5.91 Å². The minimum Gasteiger partial charge on any atom is -0.484 e. The molecule has 1 N–H and O–H groups in total. The van der Waals surface area contributed by atoms with E-state index in [2.05, 4.69) is 20.5 Å². The van der Waals surface area contributed by atoms with Crippen molar-refractivity contribution >= 4 is 46.7 Å². The van der Waals surface area contributed by atoms with Crippen LogP contribution >= 0.6 is 35.0 Å². The van der Waals surface area contributed by atoms with Gasteiger partial charge in [-0.3, -0.25) is 4.79 Å². The Kier molecular flexibility index (Phi) is 7.29. The van der Waals surface area contributed by atoms with Crippen molar-refractivity contribution in [2.24, 2.45) is 0 Å². The molecule has 0 atom stereocenters. The lowest BCUT2D eigenvalue weighted by atomic mass is 10.3. The summed E-state index contributed by atoms with van der Waals surface area (Å²) < 4.78 is 20.6. The number of amides is 1. The van der Waals surface area contributed by atoms with Crippen molar-refractivity contribution in [2.45, 2.75) is 25.2 Å². The first-order valence-electron chi connectivity index (χ1n) is 8.50. The quantitative estimate of drug-likeness (QED) is 0.505. The standard InChI is InChI=1S/C18H16Cl2FN5O2S/c1-2-26-16(9-28-14-5-4-12(21)7-13(14)20)24-25-18(26)29-10-17(27)23-15-6-3-11(19)8-22-15/h3-8H,2,9-10H2,1H3,(H,22,23,27). The molecule has 0 aliphatic rings. The summed E-state index contributed by atoms with van der Waals surface area (Å²) in [6.07, 6.45) is 1.46. The summed E-state index contributed by atoms with van der Waals surface area (Å²) in [5, 5.41) is 12.2. The molecule has 3 aromatic rings. The van der Waals surface area contributed by atoms with Crippen LogP contribution in [0, 0.1) is 5.82 Å². The lowest BCUT2D eigenvalue weighted by molar-refractivity contribution is -0.113. The molecule has 29 heavy (non-hydrogen) atoms. The summed E-state index contributed by atoms with van der Waals surface area (Å²) in [6, 6.07) is 7.16. The van der Waals surface area contributed by atoms with Crippen molar-refractivity contribution in [3.05, 3.63) is 58.2 Å². The lowest BCUT2D eigenvalue weighted by Gasteiger charge is -2.10. The second-order valence-electron chi connectivity index (χ2n) is 5.70. The van der Waals surface area contributed by atoms with Crippen molar-refractivity contribution in [3.63, 3.8) is 0 Å². The Labute approximate surface area is 180 Å². The Bertz CT molecular complexity index is 1000. The number of anilines is 1. The molecule has 1 amide bonds. The number of benzene rings is 1. The number of thioether (sulfide) groups is 1. The molecule has 0 fully saturated rings. The maximum absolute atomic E-state index is 13.1. The van der Waals surface area contributed by atoms with Crippen molar-refractivity contribution in [1.29, 1.82) is 0 Å². The Hall–Kier alpha value is -2.36. The molecule has 152 valence electrons. The van der Waals surface area contributed by atoms with E-state index in [0.29, 0.717) is 34.1 Å². The van der Waals surface area contributed by atoms with Gasteiger partial charge in [-0.1, -0.05) is 35.0 Å². The van der Waals surface area contributed by atoms with Gasteiger partial charge in [-0.2, -0.15) is 0 Å². The van der Waals surface area contributed by atoms with E-state index < -0.39 is 5.82 Å². The van der Waals surface area contributed by atoms with E-state index in [9.17, 15) is 9.18 Å². The van der Waals surface area contributed by atoms with Gasteiger partial charge in [0, 0.05) is 12.7 Å². The lowest BCUT2D eigenvalue weighted by Crippen LogP contribution is -2.15. The highest BCUT2D eigenvalue weighted by molar-refractivity contribution is 7.99. The maximum Gasteiger partial charge on any atom is 0.236 e. The normalized spacial score (nSPS) is 10.8. The fourth-order valence-electron chi connectivity index (χ4n) is 2.34. The molecule has 0 aliphatic carbocycles. The van der Waals surface area contributed by atoms with Crippen LogP contribution in [0.1, 0.15) is 12.7 Å². The molecule has 1 aromatic carbocycles. The predicted molar refractivity (Wildman–Crippen MR) is 110 cm³/mol. The molecular weight excluding hydrogens is 440 g/mol. The largest absolute Gasteiger partial charge is 0.484 e. The number of nitrogens with zero attached hydrogens (tertiary/aromatic N) is 4. The van der Waals surface area contributed by atoms with Crippen molar-refractivity contribution < 1.29 is 13.9 Å². The first-order chi connectivity index (χ1) is 14.0. The van der Waals surface area contributed by atoms with Crippen molar-refractivity contribution in [2.75, 3.05) is 11.1 Å². The third-order valence-electron chi connectivity index (χ3n) is 3.69. The minimum atomic E-state index is -0.440. The van der Waals surface area contributed by atoms with Crippen LogP contribution in [0.25, 0.3) is 0 Å². The summed E-state index contributed by atoms with van der Waals surface area (Å²) in [5.74, 6) is 0.795. The van der Waals surface area contributed by atoms with E-state index in [1.165, 1.54) is 36.2 Å². The second kappa shape index (κ2) is 9.91. The van der Waals surface area contributed by atoms with Crippen LogP contribution in [0.4, 0.5) is 10.2 Å². The number of carbonyl (C=O) groups excluding carboxylic acids is 1. The van der Waals surface area contributed by atoms with Gasteiger partial charge in [-0.15, -0.1) is 10.2 Å². The summed E-state index contributed by atoms with van der Waals surface area (Å²) in [4.78, 5) is 16.1. The monoisotopic (exact) mass is 455 g/mol. The molecule has 7 nitrogen and oxygen atoms in total. The van der Waals surface area contributed by atoms with Gasteiger partial charge in [-0.05, 0) is 37.3 Å². The SMILES string of the molecule is CCn1c(COc2ccc(F)cc2Cl)nnc1SCC(=O)Nc1ccc(Cl)cn1. The molecule has 3 rings (SSSR count). The second-order valence-corrected chi connectivity index (χ2v) is 7.49. The number of nitrogens with one attached hydrogen (secondary N) is 1. The number of hydrogen-bond acceptors (Lipinski definition) is 6. The van der Waals surface area contributed by atoms with Crippen LogP contribution in [0.15, 0.2) is 41.7 Å². The molecule has 0 saturated carbocycles. The van der Waals surface area contributed by atoms with Crippen LogP contribution < -0.4 is 10.1 Å². The van der Waals surface area contributed by atoms with E-state index in [1.54, 1.807) is 12.1 Å². The molecule has 11 heteroatoms. The molecular formula is C18H16Cl2FN5O2S. The first-order valence-corrected chi connectivity index (χ1v) is 10.2. The van der Waals surface area contributed by atoms with Crippen LogP contribution in [0.2, 0.25) is 10.0 Å². The van der Waals surface area contributed by atoms with Gasteiger partial charge in [0.05, 0.1) is 15.8 Å². The zero-order valence-electron chi connectivity index (χ0n) is 15.2. The van der Waals surface area contributed by atoms with Crippen LogP contribution in [-0.2, 0) is 17.9 Å². The Morgan fingerprint density at radius 1 is 1.28 bits per heavy atom. The predicted octanol–water partition coefficient (Wildman–Crippen LogP) is 4.45. The third kappa shape index (κ3) is 5.81. The molecule has 0 aliphatic heterocycles. The fraction of sp³-hybridized carbons (Fsp3) is 0.222. The summed E-state index contributed by atoms with van der Waals surface area (Å²) >= 11 is 13.0. The Balaban J connectivity index is 1.58. The molecule has 0 saturated heterocycles. The van der Waals surface area contributed by atoms with Crippen molar-refractivity contribution in [3.8, 4) is 5.75 Å². The first kappa shape index (κ1) is 21.4. The Morgan fingerprint density at radius 2 is 2.10 bits per heavy atom. The topological polar surface area (TPSA) is 81.9 Å². The number of pyridine rings is 1. The molecule has 2 aromatic heterocycles. The fourth-order valence-corrected chi connectivity index (χ4v) is 3.50. The number of halogens is 3. The third-order valence-corrected chi connectivity index (χ3v) is 5.17. The summed E-state index contributed by atoms with van der Waals surface area (Å²) in [7, 11) is 0. The van der Waals surface area contributed by atoms with Crippen LogP contribution in [-0.4, -0.2) is 31.4 Å². The molecule has 0 radical (unpaired) electrons. The zero-order chi connectivity index (χ0) is 20.8. The van der Waals surface area contributed by atoms with Crippen LogP contribution in [0.3, 0.4) is 0 Å². The highest BCUT2D eigenvalue weighted by atomic mass is 35.5. The van der Waals surface area contributed by atoms with E-state index in [0.717, 1.165) is 0 Å².